The standard InChI is InChI=1S/C16H22FNO3S/c1-12-5-3-6-13(2)18(12)16(19)11-22(20,21)10-14-7-4-8-15(17)9-14/h4,7-9,12-13H,3,5-6,10-11H2,1-2H3. The highest BCUT2D eigenvalue weighted by molar-refractivity contribution is 7.91. The highest BCUT2D eigenvalue weighted by Crippen LogP contribution is 2.23. The maximum Gasteiger partial charge on any atom is 0.238 e. The van der Waals surface area contributed by atoms with Gasteiger partial charge < -0.3 is 4.90 Å². The van der Waals surface area contributed by atoms with E-state index >= 15 is 0 Å². The molecule has 0 spiro atoms. The van der Waals surface area contributed by atoms with E-state index in [1.807, 2.05) is 13.8 Å². The zero-order valence-corrected chi connectivity index (χ0v) is 13.8. The molecule has 0 N–H and O–H groups in total. The number of piperidine rings is 1. The Hall–Kier alpha value is -1.43. The summed E-state index contributed by atoms with van der Waals surface area (Å²) in [6.45, 7) is 3.90. The molecule has 2 atom stereocenters. The molecule has 0 saturated carbocycles. The van der Waals surface area contributed by atoms with Crippen LogP contribution in [0.15, 0.2) is 24.3 Å². The van der Waals surface area contributed by atoms with Crippen LogP contribution in [-0.4, -0.2) is 37.1 Å². The van der Waals surface area contributed by atoms with Crippen molar-refractivity contribution in [1.29, 1.82) is 0 Å². The lowest BCUT2D eigenvalue weighted by Gasteiger charge is -2.39. The predicted molar refractivity (Wildman–Crippen MR) is 83.5 cm³/mol. The third-order valence-electron chi connectivity index (χ3n) is 4.10. The summed E-state index contributed by atoms with van der Waals surface area (Å²) in [7, 11) is -3.60. The van der Waals surface area contributed by atoms with Gasteiger partial charge in [-0.25, -0.2) is 12.8 Å². The van der Waals surface area contributed by atoms with Crippen molar-refractivity contribution in [2.75, 3.05) is 5.75 Å². The molecule has 1 aromatic carbocycles. The Morgan fingerprint density at radius 1 is 1.27 bits per heavy atom. The lowest BCUT2D eigenvalue weighted by atomic mass is 9.98. The second kappa shape index (κ2) is 6.77. The van der Waals surface area contributed by atoms with Crippen LogP contribution in [0.4, 0.5) is 4.39 Å². The van der Waals surface area contributed by atoms with E-state index in [1.54, 1.807) is 11.0 Å². The highest BCUT2D eigenvalue weighted by atomic mass is 32.2. The van der Waals surface area contributed by atoms with Gasteiger partial charge in [-0.15, -0.1) is 0 Å². The number of rotatable bonds is 4. The normalized spacial score (nSPS) is 22.6. The summed E-state index contributed by atoms with van der Waals surface area (Å²) >= 11 is 0. The zero-order valence-electron chi connectivity index (χ0n) is 13.0. The number of amides is 1. The number of hydrogen-bond donors (Lipinski definition) is 0. The summed E-state index contributed by atoms with van der Waals surface area (Å²) in [5, 5.41) is 0. The summed E-state index contributed by atoms with van der Waals surface area (Å²) in [6, 6.07) is 5.61. The van der Waals surface area contributed by atoms with E-state index in [-0.39, 0.29) is 23.7 Å². The molecule has 2 rings (SSSR count). The van der Waals surface area contributed by atoms with Gasteiger partial charge >= 0.3 is 0 Å². The minimum absolute atomic E-state index is 0.0700. The largest absolute Gasteiger partial charge is 0.336 e. The molecule has 22 heavy (non-hydrogen) atoms. The Labute approximate surface area is 131 Å². The molecule has 0 radical (unpaired) electrons. The quantitative estimate of drug-likeness (QED) is 0.854. The molecular weight excluding hydrogens is 305 g/mol. The average molecular weight is 327 g/mol. The van der Waals surface area contributed by atoms with Gasteiger partial charge in [0.05, 0.1) is 5.75 Å². The second-order valence-corrected chi connectivity index (χ2v) is 8.16. The molecule has 0 aliphatic carbocycles. The second-order valence-electron chi connectivity index (χ2n) is 6.09. The molecule has 1 aliphatic heterocycles. The molecule has 0 bridgehead atoms. The Morgan fingerprint density at radius 2 is 1.91 bits per heavy atom. The van der Waals surface area contributed by atoms with Crippen LogP contribution in [0.3, 0.4) is 0 Å². The van der Waals surface area contributed by atoms with Crippen LogP contribution in [0.5, 0.6) is 0 Å². The Kier molecular flexibility index (Phi) is 5.21. The Balaban J connectivity index is 2.06. The van der Waals surface area contributed by atoms with E-state index in [4.69, 9.17) is 0 Å². The molecule has 1 heterocycles. The minimum atomic E-state index is -3.60. The molecule has 1 fully saturated rings. The number of carbonyl (C=O) groups excluding carboxylic acids is 1. The summed E-state index contributed by atoms with van der Waals surface area (Å²) in [5.74, 6) is -1.65. The van der Waals surface area contributed by atoms with Crippen LogP contribution in [0.25, 0.3) is 0 Å². The lowest BCUT2D eigenvalue weighted by molar-refractivity contribution is -0.134. The van der Waals surface area contributed by atoms with Crippen LogP contribution in [0, 0.1) is 5.82 Å². The average Bonchev–Trinajstić information content (AvgIpc) is 2.36. The first-order valence-electron chi connectivity index (χ1n) is 7.54. The van der Waals surface area contributed by atoms with Crippen LogP contribution in [-0.2, 0) is 20.4 Å². The molecule has 0 aromatic heterocycles. The smallest absolute Gasteiger partial charge is 0.238 e. The van der Waals surface area contributed by atoms with E-state index < -0.39 is 21.4 Å². The molecule has 4 nitrogen and oxygen atoms in total. The van der Waals surface area contributed by atoms with Gasteiger partial charge in [0, 0.05) is 12.1 Å². The van der Waals surface area contributed by atoms with Crippen molar-refractivity contribution in [1.82, 2.24) is 4.90 Å². The molecule has 1 amide bonds. The van der Waals surface area contributed by atoms with Gasteiger partial charge in [-0.2, -0.15) is 0 Å². The van der Waals surface area contributed by atoms with Gasteiger partial charge in [-0.1, -0.05) is 12.1 Å². The number of likely N-dealkylation sites (tertiary alicyclic amines) is 1. The fraction of sp³-hybridized carbons (Fsp3) is 0.562. The van der Waals surface area contributed by atoms with E-state index in [2.05, 4.69) is 0 Å². The maximum absolute atomic E-state index is 13.1. The molecule has 122 valence electrons. The van der Waals surface area contributed by atoms with Crippen LogP contribution < -0.4 is 0 Å². The van der Waals surface area contributed by atoms with Gasteiger partial charge in [0.25, 0.3) is 0 Å². The van der Waals surface area contributed by atoms with Crippen molar-refractivity contribution in [2.45, 2.75) is 50.9 Å². The first kappa shape index (κ1) is 16.9. The first-order valence-corrected chi connectivity index (χ1v) is 9.36. The van der Waals surface area contributed by atoms with E-state index in [0.29, 0.717) is 5.56 Å². The highest BCUT2D eigenvalue weighted by Gasteiger charge is 2.31. The summed E-state index contributed by atoms with van der Waals surface area (Å²) in [4.78, 5) is 14.1. The van der Waals surface area contributed by atoms with Crippen LogP contribution >= 0.6 is 0 Å². The van der Waals surface area contributed by atoms with E-state index in [9.17, 15) is 17.6 Å². The van der Waals surface area contributed by atoms with Crippen molar-refractivity contribution in [3.8, 4) is 0 Å². The summed E-state index contributed by atoms with van der Waals surface area (Å²) in [5.41, 5.74) is 0.368. The number of carbonyl (C=O) groups is 1. The number of benzene rings is 1. The Morgan fingerprint density at radius 3 is 2.50 bits per heavy atom. The van der Waals surface area contributed by atoms with Crippen molar-refractivity contribution >= 4 is 15.7 Å². The SMILES string of the molecule is CC1CCCC(C)N1C(=O)CS(=O)(=O)Cc1cccc(F)c1. The Bertz CT molecular complexity index is 635. The van der Waals surface area contributed by atoms with Gasteiger partial charge in [0.1, 0.15) is 11.6 Å². The third kappa shape index (κ3) is 4.29. The van der Waals surface area contributed by atoms with Crippen molar-refractivity contribution < 1.29 is 17.6 Å². The van der Waals surface area contributed by atoms with Crippen LogP contribution in [0.2, 0.25) is 0 Å². The molecular formula is C16H22FNO3S. The lowest BCUT2D eigenvalue weighted by Crippen LogP contribution is -2.49. The number of halogens is 1. The number of sulfone groups is 1. The zero-order chi connectivity index (χ0) is 16.3. The fourth-order valence-electron chi connectivity index (χ4n) is 3.11. The molecule has 1 aliphatic rings. The topological polar surface area (TPSA) is 54.5 Å². The maximum atomic E-state index is 13.1. The van der Waals surface area contributed by atoms with Gasteiger partial charge in [0.15, 0.2) is 9.84 Å². The fourth-order valence-corrected chi connectivity index (χ4v) is 4.42. The van der Waals surface area contributed by atoms with Crippen molar-refractivity contribution in [3.05, 3.63) is 35.6 Å². The molecule has 1 saturated heterocycles. The molecule has 6 heteroatoms. The van der Waals surface area contributed by atoms with Crippen molar-refractivity contribution in [3.63, 3.8) is 0 Å². The molecule has 2 unspecified atom stereocenters. The van der Waals surface area contributed by atoms with Gasteiger partial charge in [-0.3, -0.25) is 4.79 Å². The summed E-state index contributed by atoms with van der Waals surface area (Å²) in [6.07, 6.45) is 2.86. The molecule has 1 aromatic rings. The predicted octanol–water partition coefficient (Wildman–Crippen LogP) is 2.53. The van der Waals surface area contributed by atoms with Gasteiger partial charge in [0.2, 0.25) is 5.91 Å². The van der Waals surface area contributed by atoms with E-state index in [1.165, 1.54) is 18.2 Å². The third-order valence-corrected chi connectivity index (χ3v) is 5.56. The minimum Gasteiger partial charge on any atom is -0.336 e. The number of hydrogen-bond acceptors (Lipinski definition) is 3. The summed E-state index contributed by atoms with van der Waals surface area (Å²) < 4.78 is 37.5. The monoisotopic (exact) mass is 327 g/mol. The van der Waals surface area contributed by atoms with E-state index in [0.717, 1.165) is 19.3 Å². The first-order chi connectivity index (χ1) is 10.3. The van der Waals surface area contributed by atoms with Crippen LogP contribution in [0.1, 0.15) is 38.7 Å². The van der Waals surface area contributed by atoms with Crippen molar-refractivity contribution in [2.24, 2.45) is 0 Å². The van der Waals surface area contributed by atoms with Gasteiger partial charge in [-0.05, 0) is 50.8 Å². The number of nitrogens with zero attached hydrogens (tertiary/aromatic N) is 1.